The van der Waals surface area contributed by atoms with Gasteiger partial charge in [0.15, 0.2) is 0 Å². The molecule has 0 unspecified atom stereocenters. The van der Waals surface area contributed by atoms with Crippen LogP contribution in [0.15, 0.2) is 46.6 Å². The van der Waals surface area contributed by atoms with Crippen LogP contribution in [0.1, 0.15) is 106 Å². The molecule has 0 bridgehead atoms. The van der Waals surface area contributed by atoms with E-state index in [9.17, 15) is 34.5 Å². The van der Waals surface area contributed by atoms with E-state index < -0.39 is 61.1 Å². The largest absolute Gasteiger partial charge is 0.481 e. The van der Waals surface area contributed by atoms with Crippen molar-refractivity contribution in [3.05, 3.63) is 46.6 Å². The van der Waals surface area contributed by atoms with Crippen molar-refractivity contribution in [2.75, 3.05) is 13.2 Å². The molecule has 0 rings (SSSR count). The van der Waals surface area contributed by atoms with Gasteiger partial charge in [-0.1, -0.05) is 69.2 Å². The summed E-state index contributed by atoms with van der Waals surface area (Å²) in [6.07, 6.45) is 10.8. The molecule has 0 aromatic carbocycles. The van der Waals surface area contributed by atoms with Gasteiger partial charge < -0.3 is 35.4 Å². The molecule has 0 spiro atoms. The highest BCUT2D eigenvalue weighted by atomic mass is 16.5. The van der Waals surface area contributed by atoms with Crippen LogP contribution in [0.3, 0.4) is 0 Å². The van der Waals surface area contributed by atoms with E-state index in [1.807, 2.05) is 26.0 Å². The molecule has 6 atom stereocenters. The van der Waals surface area contributed by atoms with Crippen LogP contribution in [-0.2, 0) is 23.9 Å². The molecule has 0 aromatic rings. The van der Waals surface area contributed by atoms with Crippen LogP contribution >= 0.6 is 0 Å². The predicted octanol–water partition coefficient (Wildman–Crippen LogP) is 5.69. The van der Waals surface area contributed by atoms with Crippen molar-refractivity contribution in [2.45, 2.75) is 118 Å². The van der Waals surface area contributed by atoms with Crippen molar-refractivity contribution in [3.8, 4) is 0 Å². The summed E-state index contributed by atoms with van der Waals surface area (Å²) < 4.78 is 5.55. The Bertz CT molecular complexity index is 1120. The van der Waals surface area contributed by atoms with Crippen LogP contribution in [0.5, 0.6) is 0 Å². The van der Waals surface area contributed by atoms with Crippen molar-refractivity contribution in [1.29, 1.82) is 0 Å². The average Bonchev–Trinajstić information content (AvgIpc) is 2.92. The monoisotopic (exact) mass is 666 g/mol. The topological polar surface area (TPSA) is 199 Å². The normalized spacial score (nSPS) is 17.0. The number of allylic oxidation sites excluding steroid dienone is 6. The Balaban J connectivity index is 5.00. The predicted molar refractivity (Wildman–Crippen MR) is 179 cm³/mol. The third-order valence-corrected chi connectivity index (χ3v) is 8.08. The molecule has 0 saturated heterocycles. The van der Waals surface area contributed by atoms with Crippen molar-refractivity contribution >= 4 is 23.9 Å². The van der Waals surface area contributed by atoms with Gasteiger partial charge in [-0.2, -0.15) is 0 Å². The Hall–Kier alpha value is -3.28. The number of ether oxygens (including phenoxy) is 1. The van der Waals surface area contributed by atoms with Crippen LogP contribution in [0, 0.1) is 23.7 Å². The van der Waals surface area contributed by atoms with Gasteiger partial charge in [0.2, 0.25) is 0 Å². The second kappa shape index (κ2) is 23.9. The first kappa shape index (κ1) is 43.7. The zero-order valence-electron chi connectivity index (χ0n) is 29.0. The van der Waals surface area contributed by atoms with Crippen molar-refractivity contribution in [3.63, 3.8) is 0 Å². The zero-order valence-corrected chi connectivity index (χ0v) is 29.0. The minimum Gasteiger partial charge on any atom is -0.481 e. The molecule has 0 aromatic heterocycles. The van der Waals surface area contributed by atoms with E-state index in [-0.39, 0.29) is 0 Å². The number of carboxylic acids is 3. The van der Waals surface area contributed by atoms with Gasteiger partial charge in [0.25, 0.3) is 0 Å². The summed E-state index contributed by atoms with van der Waals surface area (Å²) in [6, 6.07) is 0. The minimum atomic E-state index is -1.24. The number of aliphatic hydroxyl groups excluding tert-OH is 3. The van der Waals surface area contributed by atoms with Crippen LogP contribution in [0.4, 0.5) is 0 Å². The Labute approximate surface area is 279 Å². The number of carbonyl (C=O) groups is 4. The van der Waals surface area contributed by atoms with Gasteiger partial charge in [0.1, 0.15) is 17.9 Å². The van der Waals surface area contributed by atoms with Gasteiger partial charge in [-0.05, 0) is 82.8 Å². The summed E-state index contributed by atoms with van der Waals surface area (Å²) in [7, 11) is 0. The fourth-order valence-corrected chi connectivity index (χ4v) is 5.79. The number of rotatable bonds is 25. The maximum Gasteiger partial charge on any atom is 0.331 e. The first-order chi connectivity index (χ1) is 22.0. The molecule has 0 saturated carbocycles. The molecule has 6 N–H and O–H groups in total. The van der Waals surface area contributed by atoms with E-state index in [1.165, 1.54) is 6.08 Å². The van der Waals surface area contributed by atoms with Gasteiger partial charge in [0, 0.05) is 12.2 Å². The number of carbonyl (C=O) groups excluding carboxylic acids is 1. The van der Waals surface area contributed by atoms with E-state index in [2.05, 4.69) is 13.8 Å². The number of hydrogen-bond acceptors (Lipinski definition) is 8. The summed E-state index contributed by atoms with van der Waals surface area (Å²) in [4.78, 5) is 46.4. The number of unbranched alkanes of at least 4 members (excludes halogenated alkanes) is 2. The molecular weight excluding hydrogens is 608 g/mol. The minimum absolute atomic E-state index is 0.290. The molecule has 11 nitrogen and oxygen atoms in total. The third kappa shape index (κ3) is 20.5. The standard InChI is InChI=1S/C36H58O11/c1-23(11-7-9-13-31(39)29(21-37)35(43)44)16-26(4)18-28(6)20-34(42)47-32(30(22-38)36(45)46)14-10-8-12-24(2)15-25(3)17-27(5)19-33(40)41/h17-20,23-24,29-32,37-39H,7-16,21-22H2,1-6H3,(H,40,41)(H,43,44)(H,45,46)/b25-17+,26-18+,27-19+,28-20+/t23-,24-,29-,30-,31-,32+/m1/s1. The molecule has 0 amide bonds. The molecular formula is C36H58O11. The third-order valence-electron chi connectivity index (χ3n) is 8.08. The first-order valence-corrected chi connectivity index (χ1v) is 16.5. The maximum atomic E-state index is 12.7. The summed E-state index contributed by atoms with van der Waals surface area (Å²) in [5.74, 6) is -5.90. The summed E-state index contributed by atoms with van der Waals surface area (Å²) in [5, 5.41) is 56.3. The first-order valence-electron chi connectivity index (χ1n) is 16.5. The number of esters is 1. The van der Waals surface area contributed by atoms with Gasteiger partial charge in [-0.25, -0.2) is 9.59 Å². The quantitative estimate of drug-likeness (QED) is 0.0303. The zero-order chi connectivity index (χ0) is 36.1. The molecule has 0 aliphatic rings. The van der Waals surface area contributed by atoms with Gasteiger partial charge in [-0.15, -0.1) is 0 Å². The Morgan fingerprint density at radius 3 is 1.47 bits per heavy atom. The fraction of sp³-hybridized carbons (Fsp3) is 0.667. The number of hydrogen-bond donors (Lipinski definition) is 6. The molecule has 11 heteroatoms. The van der Waals surface area contributed by atoms with Gasteiger partial charge in [-0.3, -0.25) is 9.59 Å². The average molecular weight is 667 g/mol. The highest BCUT2D eigenvalue weighted by Crippen LogP contribution is 2.23. The maximum absolute atomic E-state index is 12.7. The highest BCUT2D eigenvalue weighted by molar-refractivity contribution is 5.84. The van der Waals surface area contributed by atoms with Crippen molar-refractivity contribution in [1.82, 2.24) is 0 Å². The van der Waals surface area contributed by atoms with Gasteiger partial charge >= 0.3 is 23.9 Å². The molecule has 47 heavy (non-hydrogen) atoms. The van der Waals surface area contributed by atoms with Crippen LogP contribution in [0.25, 0.3) is 0 Å². The van der Waals surface area contributed by atoms with E-state index in [1.54, 1.807) is 13.8 Å². The van der Waals surface area contributed by atoms with Crippen LogP contribution in [-0.4, -0.2) is 79.9 Å². The lowest BCUT2D eigenvalue weighted by atomic mass is 9.93. The SMILES string of the molecule is CC(=C\C(=O)O)/C=C(\C)C[C@H](C)CCCC[C@H](OC(=O)/C=C(C)/C=C(\C)C[C@H](C)CCCC[C@@H](O)[C@@H](CO)C(=O)O)[C@@H](CO)C(=O)O. The Morgan fingerprint density at radius 2 is 1.04 bits per heavy atom. The van der Waals surface area contributed by atoms with E-state index in [0.29, 0.717) is 48.7 Å². The van der Waals surface area contributed by atoms with Gasteiger partial charge in [0.05, 0.1) is 19.3 Å². The van der Waals surface area contributed by atoms with Crippen LogP contribution < -0.4 is 0 Å². The Morgan fingerprint density at radius 1 is 0.617 bits per heavy atom. The fourth-order valence-electron chi connectivity index (χ4n) is 5.79. The van der Waals surface area contributed by atoms with Crippen LogP contribution in [0.2, 0.25) is 0 Å². The molecule has 0 radical (unpaired) electrons. The molecule has 0 aliphatic carbocycles. The number of aliphatic carboxylic acids is 3. The lowest BCUT2D eigenvalue weighted by molar-refractivity contribution is -0.157. The van der Waals surface area contributed by atoms with E-state index in [4.69, 9.17) is 20.1 Å². The Kier molecular flexibility index (Phi) is 22.3. The van der Waals surface area contributed by atoms with Crippen molar-refractivity contribution < 1.29 is 54.6 Å². The second-order valence-electron chi connectivity index (χ2n) is 13.1. The number of aliphatic hydroxyl groups is 3. The highest BCUT2D eigenvalue weighted by Gasteiger charge is 2.30. The second-order valence-corrected chi connectivity index (χ2v) is 13.1. The van der Waals surface area contributed by atoms with Crippen molar-refractivity contribution in [2.24, 2.45) is 23.7 Å². The summed E-state index contributed by atoms with van der Waals surface area (Å²) in [6.45, 7) is 10.3. The molecule has 0 heterocycles. The lowest BCUT2D eigenvalue weighted by Gasteiger charge is -2.22. The molecule has 268 valence electrons. The van der Waals surface area contributed by atoms with E-state index in [0.717, 1.165) is 55.7 Å². The lowest BCUT2D eigenvalue weighted by Crippen LogP contribution is -2.35. The van der Waals surface area contributed by atoms with E-state index >= 15 is 0 Å². The summed E-state index contributed by atoms with van der Waals surface area (Å²) in [5.41, 5.74) is 3.41. The summed E-state index contributed by atoms with van der Waals surface area (Å²) >= 11 is 0. The number of carboxylic acid groups (broad SMARTS) is 3. The molecule has 0 fully saturated rings. The molecule has 0 aliphatic heterocycles. The smallest absolute Gasteiger partial charge is 0.331 e.